The first-order chi connectivity index (χ1) is 10.2. The summed E-state index contributed by atoms with van der Waals surface area (Å²) in [6, 6.07) is 5.68. The first-order valence-electron chi connectivity index (χ1n) is 8.10. The predicted molar refractivity (Wildman–Crippen MR) is 84.9 cm³/mol. The zero-order valence-corrected chi connectivity index (χ0v) is 13.5. The molecule has 0 bridgehead atoms. The van der Waals surface area contributed by atoms with Crippen LogP contribution in [-0.2, 0) is 0 Å². The summed E-state index contributed by atoms with van der Waals surface area (Å²) in [4.78, 5) is 0. The van der Waals surface area contributed by atoms with Gasteiger partial charge in [-0.25, -0.2) is 0 Å². The Kier molecular flexibility index (Phi) is 5.92. The Balaban J connectivity index is 2.12. The van der Waals surface area contributed by atoms with Crippen LogP contribution in [0.2, 0.25) is 0 Å². The second-order valence-electron chi connectivity index (χ2n) is 6.09. The van der Waals surface area contributed by atoms with Crippen molar-refractivity contribution in [3.8, 4) is 11.5 Å². The van der Waals surface area contributed by atoms with E-state index in [0.717, 1.165) is 35.8 Å². The van der Waals surface area contributed by atoms with E-state index in [-0.39, 0.29) is 0 Å². The smallest absolute Gasteiger partial charge is 0.128 e. The Labute approximate surface area is 128 Å². The third-order valence-corrected chi connectivity index (χ3v) is 4.80. The second-order valence-corrected chi connectivity index (χ2v) is 6.09. The minimum absolute atomic E-state index is 0.309. The van der Waals surface area contributed by atoms with Crippen LogP contribution in [0, 0.1) is 11.8 Å². The lowest BCUT2D eigenvalue weighted by Crippen LogP contribution is -2.21. The van der Waals surface area contributed by atoms with Gasteiger partial charge in [-0.1, -0.05) is 38.7 Å². The van der Waals surface area contributed by atoms with E-state index in [1.165, 1.54) is 25.7 Å². The standard InChI is InChI=1S/C18H28O3/c1-4-6-13-9-11-14(12-10-13)18(19)17-15(20-2)7-5-8-16(17)21-3/h5,7-8,13-14,18-19H,4,6,9-12H2,1-3H3. The van der Waals surface area contributed by atoms with Crippen LogP contribution in [0.25, 0.3) is 0 Å². The molecule has 1 fully saturated rings. The molecule has 2 rings (SSSR count). The summed E-state index contributed by atoms with van der Waals surface area (Å²) in [5.41, 5.74) is 0.807. The van der Waals surface area contributed by atoms with Gasteiger partial charge in [-0.2, -0.15) is 0 Å². The highest BCUT2D eigenvalue weighted by Crippen LogP contribution is 2.43. The molecule has 1 aromatic rings. The number of ether oxygens (including phenoxy) is 2. The number of hydrogen-bond donors (Lipinski definition) is 1. The Morgan fingerprint density at radius 3 is 2.14 bits per heavy atom. The van der Waals surface area contributed by atoms with E-state index in [9.17, 15) is 5.11 Å². The molecular weight excluding hydrogens is 264 g/mol. The number of rotatable bonds is 6. The van der Waals surface area contributed by atoms with Gasteiger partial charge in [0.1, 0.15) is 11.5 Å². The zero-order chi connectivity index (χ0) is 15.2. The minimum atomic E-state index is -0.501. The molecule has 0 heterocycles. The fourth-order valence-electron chi connectivity index (χ4n) is 3.61. The lowest BCUT2D eigenvalue weighted by Gasteiger charge is -2.32. The molecule has 0 radical (unpaired) electrons. The fraction of sp³-hybridized carbons (Fsp3) is 0.667. The molecule has 3 heteroatoms. The lowest BCUT2D eigenvalue weighted by atomic mass is 9.76. The molecule has 0 spiro atoms. The number of hydrogen-bond acceptors (Lipinski definition) is 3. The molecule has 3 nitrogen and oxygen atoms in total. The van der Waals surface area contributed by atoms with Gasteiger partial charge >= 0.3 is 0 Å². The lowest BCUT2D eigenvalue weighted by molar-refractivity contribution is 0.0680. The van der Waals surface area contributed by atoms with Gasteiger partial charge in [-0.15, -0.1) is 0 Å². The van der Waals surface area contributed by atoms with Gasteiger partial charge in [0.2, 0.25) is 0 Å². The van der Waals surface area contributed by atoms with Gasteiger partial charge in [0, 0.05) is 0 Å². The van der Waals surface area contributed by atoms with E-state index in [1.807, 2.05) is 18.2 Å². The molecule has 1 saturated carbocycles. The van der Waals surface area contributed by atoms with E-state index in [4.69, 9.17) is 9.47 Å². The van der Waals surface area contributed by atoms with Crippen LogP contribution in [0.15, 0.2) is 18.2 Å². The van der Waals surface area contributed by atoms with E-state index in [0.29, 0.717) is 5.92 Å². The number of benzene rings is 1. The normalized spacial score (nSPS) is 23.6. The fourth-order valence-corrected chi connectivity index (χ4v) is 3.61. The summed E-state index contributed by atoms with van der Waals surface area (Å²) < 4.78 is 10.8. The highest BCUT2D eigenvalue weighted by molar-refractivity contribution is 5.46. The quantitative estimate of drug-likeness (QED) is 0.847. The molecule has 21 heavy (non-hydrogen) atoms. The van der Waals surface area contributed by atoms with Crippen LogP contribution in [-0.4, -0.2) is 19.3 Å². The SMILES string of the molecule is CCCC1CCC(C(O)c2c(OC)cccc2OC)CC1. The molecule has 1 atom stereocenters. The van der Waals surface area contributed by atoms with Crippen molar-refractivity contribution in [3.63, 3.8) is 0 Å². The molecule has 1 aliphatic rings. The first kappa shape index (κ1) is 16.2. The topological polar surface area (TPSA) is 38.7 Å². The van der Waals surface area contributed by atoms with Crippen molar-refractivity contribution in [2.24, 2.45) is 11.8 Å². The summed E-state index contributed by atoms with van der Waals surface area (Å²) in [6.45, 7) is 2.25. The molecule has 1 N–H and O–H groups in total. The summed E-state index contributed by atoms with van der Waals surface area (Å²) in [5, 5.41) is 10.8. The second kappa shape index (κ2) is 7.69. The molecule has 1 aromatic carbocycles. The van der Waals surface area contributed by atoms with Crippen molar-refractivity contribution >= 4 is 0 Å². The maximum absolute atomic E-state index is 10.8. The van der Waals surface area contributed by atoms with Crippen LogP contribution in [0.4, 0.5) is 0 Å². The van der Waals surface area contributed by atoms with Crippen LogP contribution in [0.3, 0.4) is 0 Å². The van der Waals surface area contributed by atoms with Gasteiger partial charge in [0.05, 0.1) is 25.9 Å². The predicted octanol–water partition coefficient (Wildman–Crippen LogP) is 4.34. The largest absolute Gasteiger partial charge is 0.496 e. The number of methoxy groups -OCH3 is 2. The van der Waals surface area contributed by atoms with E-state index < -0.39 is 6.10 Å². The molecule has 0 saturated heterocycles. The molecule has 118 valence electrons. The van der Waals surface area contributed by atoms with Gasteiger partial charge in [0.25, 0.3) is 0 Å². The van der Waals surface area contributed by atoms with Crippen LogP contribution in [0.1, 0.15) is 57.1 Å². The molecule has 0 aliphatic heterocycles. The van der Waals surface area contributed by atoms with Crippen molar-refractivity contribution < 1.29 is 14.6 Å². The van der Waals surface area contributed by atoms with Crippen molar-refractivity contribution in [1.29, 1.82) is 0 Å². The summed E-state index contributed by atoms with van der Waals surface area (Å²) in [5.74, 6) is 2.59. The molecular formula is C18H28O3. The Morgan fingerprint density at radius 2 is 1.67 bits per heavy atom. The molecule has 0 aromatic heterocycles. The maximum atomic E-state index is 10.8. The van der Waals surface area contributed by atoms with Gasteiger partial charge in [-0.05, 0) is 36.8 Å². The Hall–Kier alpha value is -1.22. The first-order valence-corrected chi connectivity index (χ1v) is 8.10. The van der Waals surface area contributed by atoms with Crippen molar-refractivity contribution in [3.05, 3.63) is 23.8 Å². The number of aliphatic hydroxyl groups excluding tert-OH is 1. The third kappa shape index (κ3) is 3.70. The Bertz CT molecular complexity index is 414. The highest BCUT2D eigenvalue weighted by atomic mass is 16.5. The Morgan fingerprint density at radius 1 is 1.10 bits per heavy atom. The van der Waals surface area contributed by atoms with Crippen LogP contribution >= 0.6 is 0 Å². The van der Waals surface area contributed by atoms with Crippen LogP contribution in [0.5, 0.6) is 11.5 Å². The van der Waals surface area contributed by atoms with E-state index in [2.05, 4.69) is 6.92 Å². The van der Waals surface area contributed by atoms with Crippen LogP contribution < -0.4 is 9.47 Å². The molecule has 1 unspecified atom stereocenters. The average Bonchev–Trinajstić information content (AvgIpc) is 2.54. The van der Waals surface area contributed by atoms with Gasteiger partial charge in [0.15, 0.2) is 0 Å². The van der Waals surface area contributed by atoms with Crippen molar-refractivity contribution in [2.45, 2.75) is 51.6 Å². The maximum Gasteiger partial charge on any atom is 0.128 e. The summed E-state index contributed by atoms with van der Waals surface area (Å²) in [6.07, 6.45) is 6.72. The average molecular weight is 292 g/mol. The van der Waals surface area contributed by atoms with Crippen molar-refractivity contribution in [2.75, 3.05) is 14.2 Å². The summed E-state index contributed by atoms with van der Waals surface area (Å²) >= 11 is 0. The van der Waals surface area contributed by atoms with Crippen molar-refractivity contribution in [1.82, 2.24) is 0 Å². The molecule has 1 aliphatic carbocycles. The summed E-state index contributed by atoms with van der Waals surface area (Å²) in [7, 11) is 3.28. The highest BCUT2D eigenvalue weighted by Gasteiger charge is 2.30. The molecule has 0 amide bonds. The van der Waals surface area contributed by atoms with E-state index in [1.54, 1.807) is 14.2 Å². The zero-order valence-electron chi connectivity index (χ0n) is 13.5. The van der Waals surface area contributed by atoms with Gasteiger partial charge < -0.3 is 14.6 Å². The minimum Gasteiger partial charge on any atom is -0.496 e. The van der Waals surface area contributed by atoms with Gasteiger partial charge in [-0.3, -0.25) is 0 Å². The number of aliphatic hydroxyl groups is 1. The monoisotopic (exact) mass is 292 g/mol. The van der Waals surface area contributed by atoms with E-state index >= 15 is 0 Å². The third-order valence-electron chi connectivity index (χ3n) is 4.80.